The normalized spacial score (nSPS) is 10.5. The number of halogens is 2. The van der Waals surface area contributed by atoms with Gasteiger partial charge in [0.1, 0.15) is 18.7 Å². The van der Waals surface area contributed by atoms with Crippen molar-refractivity contribution in [3.8, 4) is 5.75 Å². The van der Waals surface area contributed by atoms with E-state index in [1.165, 1.54) is 6.33 Å². The van der Waals surface area contributed by atoms with Crippen molar-refractivity contribution in [2.75, 3.05) is 5.32 Å². The quantitative estimate of drug-likeness (QED) is 0.651. The molecule has 5 nitrogen and oxygen atoms in total. The van der Waals surface area contributed by atoms with E-state index in [4.69, 9.17) is 16.3 Å². The molecule has 0 amide bonds. The zero-order valence-corrected chi connectivity index (χ0v) is 14.4. The Hall–Kier alpha value is -2.05. The number of H-pyrrole nitrogens is 1. The van der Waals surface area contributed by atoms with E-state index in [9.17, 15) is 0 Å². The number of hydrogen-bond acceptors (Lipinski definition) is 4. The molecule has 0 aliphatic heterocycles. The highest BCUT2D eigenvalue weighted by Crippen LogP contribution is 2.25. The zero-order chi connectivity index (χ0) is 16.1. The summed E-state index contributed by atoms with van der Waals surface area (Å²) < 4.78 is 6.93. The minimum atomic E-state index is 0.480. The fourth-order valence-electron chi connectivity index (χ4n) is 2.04. The molecule has 0 aliphatic carbocycles. The smallest absolute Gasteiger partial charge is 0.218 e. The Morgan fingerprint density at radius 3 is 2.74 bits per heavy atom. The topological polar surface area (TPSA) is 62.8 Å². The van der Waals surface area contributed by atoms with Gasteiger partial charge in [0.05, 0.1) is 0 Å². The molecule has 118 valence electrons. The van der Waals surface area contributed by atoms with Crippen LogP contribution >= 0.6 is 27.5 Å². The molecule has 0 aliphatic rings. The Kier molecular flexibility index (Phi) is 5.15. The van der Waals surface area contributed by atoms with Crippen molar-refractivity contribution < 1.29 is 4.74 Å². The first-order valence-electron chi connectivity index (χ1n) is 6.95. The van der Waals surface area contributed by atoms with Crippen LogP contribution in [0, 0.1) is 0 Å². The lowest BCUT2D eigenvalue weighted by atomic mass is 10.2. The third-order valence-corrected chi connectivity index (χ3v) is 3.94. The molecular formula is C16H14BrClN4O. The average molecular weight is 394 g/mol. The highest BCUT2D eigenvalue weighted by Gasteiger charge is 2.06. The second kappa shape index (κ2) is 7.48. The lowest BCUT2D eigenvalue weighted by Crippen LogP contribution is -2.05. The van der Waals surface area contributed by atoms with Gasteiger partial charge in [0, 0.05) is 21.6 Å². The second-order valence-electron chi connectivity index (χ2n) is 4.85. The van der Waals surface area contributed by atoms with Crippen molar-refractivity contribution in [1.29, 1.82) is 0 Å². The molecule has 7 heteroatoms. The summed E-state index contributed by atoms with van der Waals surface area (Å²) in [4.78, 5) is 4.04. The standard InChI is InChI=1S/C16H14BrClN4O/c17-13-3-6-15(23-9-11-1-4-14(18)5-2-11)12(7-13)8-19-16-20-10-21-22-16/h1-7,10H,8-9H2,(H2,19,20,21,22). The molecule has 0 spiro atoms. The van der Waals surface area contributed by atoms with Crippen LogP contribution in [-0.2, 0) is 13.2 Å². The number of nitrogens with zero attached hydrogens (tertiary/aromatic N) is 2. The molecule has 0 fully saturated rings. The molecule has 3 aromatic rings. The number of aromatic amines is 1. The van der Waals surface area contributed by atoms with Gasteiger partial charge < -0.3 is 10.1 Å². The van der Waals surface area contributed by atoms with Crippen molar-refractivity contribution in [3.63, 3.8) is 0 Å². The summed E-state index contributed by atoms with van der Waals surface area (Å²) in [5, 5.41) is 10.5. The molecule has 0 atom stereocenters. The van der Waals surface area contributed by atoms with Gasteiger partial charge in [0.15, 0.2) is 0 Å². The van der Waals surface area contributed by atoms with Gasteiger partial charge in [-0.3, -0.25) is 0 Å². The molecule has 1 heterocycles. The third kappa shape index (κ3) is 4.46. The first-order valence-corrected chi connectivity index (χ1v) is 8.13. The summed E-state index contributed by atoms with van der Waals surface area (Å²) in [6, 6.07) is 13.5. The minimum Gasteiger partial charge on any atom is -0.489 e. The van der Waals surface area contributed by atoms with E-state index in [-0.39, 0.29) is 0 Å². The maximum atomic E-state index is 5.94. The first kappa shape index (κ1) is 15.8. The van der Waals surface area contributed by atoms with Gasteiger partial charge in [0.2, 0.25) is 5.95 Å². The van der Waals surface area contributed by atoms with E-state index < -0.39 is 0 Å². The number of benzene rings is 2. The molecule has 0 radical (unpaired) electrons. The Morgan fingerprint density at radius 2 is 2.00 bits per heavy atom. The number of hydrogen-bond donors (Lipinski definition) is 2. The summed E-state index contributed by atoms with van der Waals surface area (Å²) in [6.07, 6.45) is 1.46. The van der Waals surface area contributed by atoms with Crippen LogP contribution in [0.25, 0.3) is 0 Å². The maximum absolute atomic E-state index is 5.94. The molecule has 3 rings (SSSR count). The van der Waals surface area contributed by atoms with Gasteiger partial charge >= 0.3 is 0 Å². The maximum Gasteiger partial charge on any atom is 0.218 e. The minimum absolute atomic E-state index is 0.480. The van der Waals surface area contributed by atoms with Crippen LogP contribution in [0.3, 0.4) is 0 Å². The van der Waals surface area contributed by atoms with Crippen LogP contribution in [0.4, 0.5) is 5.95 Å². The lowest BCUT2D eigenvalue weighted by Gasteiger charge is -2.12. The van der Waals surface area contributed by atoms with Crippen LogP contribution in [0.2, 0.25) is 5.02 Å². The Bertz CT molecular complexity index is 762. The van der Waals surface area contributed by atoms with Gasteiger partial charge in [-0.2, -0.15) is 5.10 Å². The van der Waals surface area contributed by atoms with Gasteiger partial charge in [-0.25, -0.2) is 10.1 Å². The van der Waals surface area contributed by atoms with Crippen molar-refractivity contribution in [3.05, 3.63) is 69.4 Å². The van der Waals surface area contributed by atoms with Crippen molar-refractivity contribution in [1.82, 2.24) is 15.2 Å². The van der Waals surface area contributed by atoms with Crippen molar-refractivity contribution in [2.24, 2.45) is 0 Å². The molecule has 0 saturated heterocycles. The molecule has 2 aromatic carbocycles. The van der Waals surface area contributed by atoms with E-state index in [1.807, 2.05) is 42.5 Å². The van der Waals surface area contributed by atoms with Gasteiger partial charge in [-0.15, -0.1) is 0 Å². The van der Waals surface area contributed by atoms with Crippen LogP contribution in [0.5, 0.6) is 5.75 Å². The predicted molar refractivity (Wildman–Crippen MR) is 93.6 cm³/mol. The number of rotatable bonds is 6. The monoisotopic (exact) mass is 392 g/mol. The van der Waals surface area contributed by atoms with Crippen LogP contribution in [0.15, 0.2) is 53.3 Å². The molecule has 0 saturated carbocycles. The Labute approximate surface area is 147 Å². The number of nitrogens with one attached hydrogen (secondary N) is 2. The molecule has 2 N–H and O–H groups in total. The van der Waals surface area contributed by atoms with E-state index in [0.717, 1.165) is 21.3 Å². The van der Waals surface area contributed by atoms with Gasteiger partial charge in [-0.05, 0) is 35.9 Å². The van der Waals surface area contributed by atoms with E-state index in [1.54, 1.807) is 0 Å². The van der Waals surface area contributed by atoms with E-state index in [2.05, 4.69) is 36.4 Å². The van der Waals surface area contributed by atoms with E-state index in [0.29, 0.717) is 24.1 Å². The summed E-state index contributed by atoms with van der Waals surface area (Å²) >= 11 is 9.38. The molecular weight excluding hydrogens is 380 g/mol. The SMILES string of the molecule is Clc1ccc(COc2ccc(Br)cc2CNc2ncn[nH]2)cc1. The van der Waals surface area contributed by atoms with Crippen LogP contribution < -0.4 is 10.1 Å². The number of anilines is 1. The fourth-order valence-corrected chi connectivity index (χ4v) is 2.57. The second-order valence-corrected chi connectivity index (χ2v) is 6.21. The first-order chi connectivity index (χ1) is 11.2. The van der Waals surface area contributed by atoms with E-state index >= 15 is 0 Å². The summed E-state index contributed by atoms with van der Waals surface area (Å²) in [5.41, 5.74) is 2.08. The highest BCUT2D eigenvalue weighted by molar-refractivity contribution is 9.10. The van der Waals surface area contributed by atoms with Crippen LogP contribution in [-0.4, -0.2) is 15.2 Å². The largest absolute Gasteiger partial charge is 0.489 e. The molecule has 0 unspecified atom stereocenters. The zero-order valence-electron chi connectivity index (χ0n) is 12.1. The van der Waals surface area contributed by atoms with Crippen LogP contribution in [0.1, 0.15) is 11.1 Å². The summed E-state index contributed by atoms with van der Waals surface area (Å²) in [5.74, 6) is 1.43. The summed E-state index contributed by atoms with van der Waals surface area (Å²) in [7, 11) is 0. The fraction of sp³-hybridized carbons (Fsp3) is 0.125. The van der Waals surface area contributed by atoms with Crippen molar-refractivity contribution in [2.45, 2.75) is 13.2 Å². The number of ether oxygens (including phenoxy) is 1. The Balaban J connectivity index is 1.69. The van der Waals surface area contributed by atoms with Crippen molar-refractivity contribution >= 4 is 33.5 Å². The summed E-state index contributed by atoms with van der Waals surface area (Å²) in [6.45, 7) is 1.05. The predicted octanol–water partition coefficient (Wildman–Crippen LogP) is 4.41. The average Bonchev–Trinajstić information content (AvgIpc) is 3.07. The Morgan fingerprint density at radius 1 is 1.17 bits per heavy atom. The molecule has 1 aromatic heterocycles. The molecule has 23 heavy (non-hydrogen) atoms. The highest BCUT2D eigenvalue weighted by atomic mass is 79.9. The number of aromatic nitrogens is 3. The van der Waals surface area contributed by atoms with Gasteiger partial charge in [-0.1, -0.05) is 39.7 Å². The third-order valence-electron chi connectivity index (χ3n) is 3.19. The lowest BCUT2D eigenvalue weighted by molar-refractivity contribution is 0.303. The van der Waals surface area contributed by atoms with Gasteiger partial charge in [0.25, 0.3) is 0 Å². The molecule has 0 bridgehead atoms.